The van der Waals surface area contributed by atoms with Crippen LogP contribution >= 0.6 is 11.3 Å². The highest BCUT2D eigenvalue weighted by atomic mass is 32.1. The maximum atomic E-state index is 13.0. The van der Waals surface area contributed by atoms with Gasteiger partial charge in [0.05, 0.1) is 11.9 Å². The molecule has 1 amide bonds. The van der Waals surface area contributed by atoms with Crippen molar-refractivity contribution in [1.82, 2.24) is 20.1 Å². The molecule has 0 saturated heterocycles. The Morgan fingerprint density at radius 1 is 1.33 bits per heavy atom. The molecule has 24 heavy (non-hydrogen) atoms. The number of aromatic nitrogens is 3. The molecule has 0 aliphatic heterocycles. The molecule has 7 heteroatoms. The van der Waals surface area contributed by atoms with Crippen molar-refractivity contribution in [3.63, 3.8) is 0 Å². The van der Waals surface area contributed by atoms with Crippen LogP contribution in [-0.4, -0.2) is 27.2 Å². The van der Waals surface area contributed by atoms with Crippen molar-refractivity contribution in [2.45, 2.75) is 13.3 Å². The molecule has 0 bridgehead atoms. The summed E-state index contributed by atoms with van der Waals surface area (Å²) in [6.07, 6.45) is 4.44. The van der Waals surface area contributed by atoms with Crippen LogP contribution in [0.25, 0.3) is 10.6 Å². The van der Waals surface area contributed by atoms with E-state index in [1.807, 2.05) is 13.2 Å². The van der Waals surface area contributed by atoms with E-state index in [0.29, 0.717) is 22.1 Å². The van der Waals surface area contributed by atoms with Crippen molar-refractivity contribution in [1.29, 1.82) is 0 Å². The fraction of sp³-hybridized carbons (Fsp3) is 0.235. The minimum absolute atomic E-state index is 0.137. The highest BCUT2D eigenvalue weighted by Gasteiger charge is 2.16. The van der Waals surface area contributed by atoms with E-state index in [9.17, 15) is 9.18 Å². The normalized spacial score (nSPS) is 10.8. The monoisotopic (exact) mass is 344 g/mol. The molecule has 0 atom stereocenters. The molecule has 0 aliphatic carbocycles. The van der Waals surface area contributed by atoms with E-state index < -0.39 is 0 Å². The minimum atomic E-state index is -0.291. The van der Waals surface area contributed by atoms with Gasteiger partial charge < -0.3 is 5.32 Å². The Kier molecular flexibility index (Phi) is 4.71. The molecule has 0 saturated carbocycles. The van der Waals surface area contributed by atoms with Gasteiger partial charge in [0, 0.05) is 25.4 Å². The topological polar surface area (TPSA) is 59.8 Å². The zero-order valence-electron chi connectivity index (χ0n) is 13.4. The maximum absolute atomic E-state index is 13.0. The Morgan fingerprint density at radius 3 is 2.75 bits per heavy atom. The second kappa shape index (κ2) is 6.92. The second-order valence-corrected chi connectivity index (χ2v) is 6.47. The summed E-state index contributed by atoms with van der Waals surface area (Å²) in [6.45, 7) is 2.34. The van der Waals surface area contributed by atoms with Crippen LogP contribution < -0.4 is 5.32 Å². The van der Waals surface area contributed by atoms with Crippen LogP contribution in [0.2, 0.25) is 0 Å². The molecule has 0 unspecified atom stereocenters. The van der Waals surface area contributed by atoms with Gasteiger partial charge in [0.1, 0.15) is 15.7 Å². The van der Waals surface area contributed by atoms with Crippen LogP contribution in [0.1, 0.15) is 20.9 Å². The van der Waals surface area contributed by atoms with Gasteiger partial charge in [-0.05, 0) is 43.2 Å². The van der Waals surface area contributed by atoms with Crippen molar-refractivity contribution in [3.05, 3.63) is 58.6 Å². The number of carbonyl (C=O) groups is 1. The van der Waals surface area contributed by atoms with Gasteiger partial charge in [-0.1, -0.05) is 0 Å². The predicted octanol–water partition coefficient (Wildman–Crippen LogP) is 2.96. The second-order valence-electron chi connectivity index (χ2n) is 5.47. The summed E-state index contributed by atoms with van der Waals surface area (Å²) in [5, 5.41) is 7.72. The quantitative estimate of drug-likeness (QED) is 0.774. The van der Waals surface area contributed by atoms with E-state index in [4.69, 9.17) is 0 Å². The molecule has 0 radical (unpaired) electrons. The third-order valence-corrected chi connectivity index (χ3v) is 4.76. The van der Waals surface area contributed by atoms with Gasteiger partial charge in [-0.15, -0.1) is 11.3 Å². The third-order valence-electron chi connectivity index (χ3n) is 3.55. The van der Waals surface area contributed by atoms with Crippen LogP contribution in [0.4, 0.5) is 4.39 Å². The zero-order chi connectivity index (χ0) is 17.1. The molecule has 5 nitrogen and oxygen atoms in total. The number of thiazole rings is 1. The molecule has 124 valence electrons. The Morgan fingerprint density at radius 2 is 2.08 bits per heavy atom. The number of halogens is 1. The summed E-state index contributed by atoms with van der Waals surface area (Å²) in [4.78, 5) is 17.3. The first kappa shape index (κ1) is 16.3. The molecule has 1 N–H and O–H groups in total. The van der Waals surface area contributed by atoms with Gasteiger partial charge in [0.15, 0.2) is 0 Å². The summed E-state index contributed by atoms with van der Waals surface area (Å²) in [7, 11) is 1.86. The Bertz CT molecular complexity index is 854. The number of amides is 1. The number of aryl methyl sites for hydroxylation is 2. The zero-order valence-corrected chi connectivity index (χ0v) is 14.2. The Balaban J connectivity index is 1.65. The number of hydrogen-bond donors (Lipinski definition) is 1. The van der Waals surface area contributed by atoms with Gasteiger partial charge in [-0.25, -0.2) is 9.37 Å². The maximum Gasteiger partial charge on any atom is 0.263 e. The first-order valence-corrected chi connectivity index (χ1v) is 8.33. The lowest BCUT2D eigenvalue weighted by Gasteiger charge is -2.02. The fourth-order valence-electron chi connectivity index (χ4n) is 2.32. The summed E-state index contributed by atoms with van der Waals surface area (Å²) in [6, 6.07) is 6.11. The lowest BCUT2D eigenvalue weighted by molar-refractivity contribution is 0.0957. The standard InChI is InChI=1S/C17H17FN4OS/c1-11-15(16(23)19-8-7-12-9-20-22(2)10-12)24-17(21-11)13-3-5-14(18)6-4-13/h3-6,9-10H,7-8H2,1-2H3,(H,19,23). The molecular formula is C17H17FN4OS. The Labute approximate surface area is 143 Å². The summed E-state index contributed by atoms with van der Waals surface area (Å²) >= 11 is 1.31. The number of hydrogen-bond acceptors (Lipinski definition) is 4. The van der Waals surface area contributed by atoms with Crippen molar-refractivity contribution >= 4 is 17.2 Å². The van der Waals surface area contributed by atoms with Gasteiger partial charge in [0.2, 0.25) is 0 Å². The van der Waals surface area contributed by atoms with Crippen LogP contribution in [0.3, 0.4) is 0 Å². The molecule has 0 aliphatic rings. The van der Waals surface area contributed by atoms with E-state index >= 15 is 0 Å². The SMILES string of the molecule is Cc1nc(-c2ccc(F)cc2)sc1C(=O)NCCc1cnn(C)c1. The molecule has 1 aromatic carbocycles. The number of carbonyl (C=O) groups excluding carboxylic acids is 1. The Hall–Kier alpha value is -2.54. The summed E-state index contributed by atoms with van der Waals surface area (Å²) in [5.41, 5.74) is 2.56. The van der Waals surface area contributed by atoms with Crippen LogP contribution in [-0.2, 0) is 13.5 Å². The van der Waals surface area contributed by atoms with E-state index in [1.54, 1.807) is 29.9 Å². The van der Waals surface area contributed by atoms with Crippen molar-refractivity contribution in [2.24, 2.45) is 7.05 Å². The highest BCUT2D eigenvalue weighted by molar-refractivity contribution is 7.17. The van der Waals surface area contributed by atoms with Crippen molar-refractivity contribution in [2.75, 3.05) is 6.54 Å². The molecular weight excluding hydrogens is 327 g/mol. The lowest BCUT2D eigenvalue weighted by Crippen LogP contribution is -2.25. The average molecular weight is 344 g/mol. The van der Waals surface area contributed by atoms with Gasteiger partial charge in [-0.2, -0.15) is 5.10 Å². The first-order chi connectivity index (χ1) is 11.5. The number of nitrogens with one attached hydrogen (secondary N) is 1. The molecule has 3 rings (SSSR count). The lowest BCUT2D eigenvalue weighted by atomic mass is 10.2. The third kappa shape index (κ3) is 3.68. The smallest absolute Gasteiger partial charge is 0.263 e. The summed E-state index contributed by atoms with van der Waals surface area (Å²) < 4.78 is 14.7. The van der Waals surface area contributed by atoms with Crippen molar-refractivity contribution < 1.29 is 9.18 Å². The van der Waals surface area contributed by atoms with Crippen LogP contribution in [0.5, 0.6) is 0 Å². The first-order valence-electron chi connectivity index (χ1n) is 7.52. The number of nitrogens with zero attached hydrogens (tertiary/aromatic N) is 3. The van der Waals surface area contributed by atoms with Gasteiger partial charge in [0.25, 0.3) is 5.91 Å². The molecule has 0 fully saturated rings. The molecule has 2 aromatic heterocycles. The van der Waals surface area contributed by atoms with Crippen LogP contribution in [0.15, 0.2) is 36.7 Å². The largest absolute Gasteiger partial charge is 0.351 e. The van der Waals surface area contributed by atoms with E-state index in [0.717, 1.165) is 17.5 Å². The molecule has 3 aromatic rings. The van der Waals surface area contributed by atoms with Crippen molar-refractivity contribution in [3.8, 4) is 10.6 Å². The van der Waals surface area contributed by atoms with Gasteiger partial charge >= 0.3 is 0 Å². The number of rotatable bonds is 5. The van der Waals surface area contributed by atoms with Crippen LogP contribution in [0, 0.1) is 12.7 Å². The summed E-state index contributed by atoms with van der Waals surface area (Å²) in [5.74, 6) is -0.428. The highest BCUT2D eigenvalue weighted by Crippen LogP contribution is 2.27. The number of benzene rings is 1. The predicted molar refractivity (Wildman–Crippen MR) is 91.5 cm³/mol. The minimum Gasteiger partial charge on any atom is -0.351 e. The van der Waals surface area contributed by atoms with E-state index in [1.165, 1.54) is 23.5 Å². The van der Waals surface area contributed by atoms with Gasteiger partial charge in [-0.3, -0.25) is 9.48 Å². The average Bonchev–Trinajstić information content (AvgIpc) is 3.14. The fourth-order valence-corrected chi connectivity index (χ4v) is 3.31. The van der Waals surface area contributed by atoms with E-state index in [-0.39, 0.29) is 11.7 Å². The molecule has 2 heterocycles. The van der Waals surface area contributed by atoms with E-state index in [2.05, 4.69) is 15.4 Å². The molecule has 0 spiro atoms.